The fraction of sp³-hybridized carbons (Fsp3) is 0.467. The number of rotatable bonds is 4. The highest BCUT2D eigenvalue weighted by Crippen LogP contribution is 2.18. The van der Waals surface area contributed by atoms with Crippen molar-refractivity contribution in [3.05, 3.63) is 35.4 Å². The van der Waals surface area contributed by atoms with Crippen molar-refractivity contribution in [1.29, 1.82) is 0 Å². The molecule has 0 bridgehead atoms. The third-order valence-corrected chi connectivity index (χ3v) is 3.62. The second-order valence-electron chi connectivity index (χ2n) is 5.44. The minimum atomic E-state index is -0.653. The maximum absolute atomic E-state index is 10.5. The van der Waals surface area contributed by atoms with Crippen LogP contribution in [0, 0.1) is 5.92 Å². The van der Waals surface area contributed by atoms with Gasteiger partial charge in [-0.1, -0.05) is 25.1 Å². The number of hydrogen-bond acceptors (Lipinski definition) is 3. The molecule has 1 saturated heterocycles. The zero-order valence-electron chi connectivity index (χ0n) is 11.9. The van der Waals surface area contributed by atoms with E-state index in [0.29, 0.717) is 0 Å². The van der Waals surface area contributed by atoms with E-state index in [1.165, 1.54) is 31.5 Å². The van der Waals surface area contributed by atoms with E-state index >= 15 is 0 Å². The number of nitrogens with zero attached hydrogens (tertiary/aromatic N) is 2. The molecule has 0 aliphatic carbocycles. The lowest BCUT2D eigenvalue weighted by molar-refractivity contribution is 0.185. The number of carbonyl (C=O) groups is 1. The Morgan fingerprint density at radius 3 is 2.95 bits per heavy atom. The zero-order chi connectivity index (χ0) is 14.4. The van der Waals surface area contributed by atoms with Crippen molar-refractivity contribution in [2.75, 3.05) is 13.1 Å². The fourth-order valence-electron chi connectivity index (χ4n) is 2.42. The molecular formula is C15H22N4O. The highest BCUT2D eigenvalue weighted by molar-refractivity contribution is 5.81. The lowest BCUT2D eigenvalue weighted by Gasteiger charge is -2.30. The summed E-state index contributed by atoms with van der Waals surface area (Å²) in [5.41, 5.74) is 9.37. The summed E-state index contributed by atoms with van der Waals surface area (Å²) in [5.74, 6) is 0.851. The number of amides is 2. The molecule has 2 amide bonds. The molecule has 0 unspecified atom stereocenters. The van der Waals surface area contributed by atoms with Crippen LogP contribution in [-0.4, -0.2) is 30.2 Å². The molecule has 5 nitrogen and oxygen atoms in total. The van der Waals surface area contributed by atoms with E-state index in [0.717, 1.165) is 18.0 Å². The van der Waals surface area contributed by atoms with Crippen molar-refractivity contribution in [2.24, 2.45) is 16.8 Å². The summed E-state index contributed by atoms with van der Waals surface area (Å²) in [6, 6.07) is 7.52. The third kappa shape index (κ3) is 4.66. The lowest BCUT2D eigenvalue weighted by Crippen LogP contribution is -2.32. The number of carbonyl (C=O) groups excluding carboxylic acids is 1. The van der Waals surface area contributed by atoms with Crippen LogP contribution in [0.1, 0.15) is 30.9 Å². The van der Waals surface area contributed by atoms with E-state index in [1.54, 1.807) is 6.21 Å². The van der Waals surface area contributed by atoms with Gasteiger partial charge in [-0.25, -0.2) is 10.2 Å². The summed E-state index contributed by atoms with van der Waals surface area (Å²) >= 11 is 0. The molecule has 5 heteroatoms. The Morgan fingerprint density at radius 1 is 1.50 bits per heavy atom. The van der Waals surface area contributed by atoms with Crippen LogP contribution in [-0.2, 0) is 6.54 Å². The number of hydrogen-bond donors (Lipinski definition) is 2. The molecule has 1 aliphatic rings. The molecule has 20 heavy (non-hydrogen) atoms. The van der Waals surface area contributed by atoms with Crippen LogP contribution in [0.5, 0.6) is 0 Å². The number of piperidine rings is 1. The summed E-state index contributed by atoms with van der Waals surface area (Å²) in [4.78, 5) is 13.0. The summed E-state index contributed by atoms with van der Waals surface area (Å²) in [7, 11) is 0. The second-order valence-corrected chi connectivity index (χ2v) is 5.44. The van der Waals surface area contributed by atoms with Crippen molar-refractivity contribution in [2.45, 2.75) is 26.3 Å². The van der Waals surface area contributed by atoms with E-state index in [1.807, 2.05) is 12.1 Å². The van der Waals surface area contributed by atoms with Crippen molar-refractivity contribution >= 4 is 12.2 Å². The number of hydrazone groups is 1. The van der Waals surface area contributed by atoms with Gasteiger partial charge in [0, 0.05) is 6.54 Å². The molecule has 0 saturated carbocycles. The van der Waals surface area contributed by atoms with E-state index in [-0.39, 0.29) is 0 Å². The predicted molar refractivity (Wildman–Crippen MR) is 80.4 cm³/mol. The van der Waals surface area contributed by atoms with Crippen molar-refractivity contribution in [1.82, 2.24) is 10.3 Å². The molecule has 1 aliphatic heterocycles. The molecule has 3 N–H and O–H groups in total. The highest BCUT2D eigenvalue weighted by Gasteiger charge is 2.15. The van der Waals surface area contributed by atoms with Gasteiger partial charge >= 0.3 is 6.03 Å². The monoisotopic (exact) mass is 274 g/mol. The predicted octanol–water partition coefficient (Wildman–Crippen LogP) is 1.92. The average Bonchev–Trinajstić information content (AvgIpc) is 2.41. The van der Waals surface area contributed by atoms with Gasteiger partial charge in [0.15, 0.2) is 0 Å². The molecule has 1 fully saturated rings. The SMILES string of the molecule is CC1CCN(Cc2cccc(C=NNC(N)=O)c2)CC1. The van der Waals surface area contributed by atoms with E-state index in [2.05, 4.69) is 34.5 Å². The number of likely N-dealkylation sites (tertiary alicyclic amines) is 1. The van der Waals surface area contributed by atoms with Gasteiger partial charge in [0.25, 0.3) is 0 Å². The van der Waals surface area contributed by atoms with Crippen molar-refractivity contribution in [3.8, 4) is 0 Å². The Labute approximate surface area is 119 Å². The molecule has 0 radical (unpaired) electrons. The Hall–Kier alpha value is -1.88. The number of urea groups is 1. The van der Waals surface area contributed by atoms with Gasteiger partial charge in [-0.15, -0.1) is 0 Å². The zero-order valence-corrected chi connectivity index (χ0v) is 11.9. The Bertz CT molecular complexity index is 479. The second kappa shape index (κ2) is 7.05. The number of nitrogens with one attached hydrogen (secondary N) is 1. The van der Waals surface area contributed by atoms with E-state index in [4.69, 9.17) is 5.73 Å². The van der Waals surface area contributed by atoms with Crippen molar-refractivity contribution in [3.63, 3.8) is 0 Å². The lowest BCUT2D eigenvalue weighted by atomic mass is 9.99. The Kier molecular flexibility index (Phi) is 5.12. The molecule has 1 aromatic rings. The normalized spacial score (nSPS) is 17.4. The van der Waals surface area contributed by atoms with Gasteiger partial charge in [-0.05, 0) is 49.0 Å². The first kappa shape index (κ1) is 14.5. The molecule has 2 rings (SSSR count). The molecule has 0 spiro atoms. The van der Waals surface area contributed by atoms with E-state index in [9.17, 15) is 4.79 Å². The molecular weight excluding hydrogens is 252 g/mol. The quantitative estimate of drug-likeness (QED) is 0.650. The van der Waals surface area contributed by atoms with Crippen LogP contribution >= 0.6 is 0 Å². The summed E-state index contributed by atoms with van der Waals surface area (Å²) in [6.45, 7) is 5.63. The minimum absolute atomic E-state index is 0.653. The Morgan fingerprint density at radius 2 is 2.25 bits per heavy atom. The maximum atomic E-state index is 10.5. The first-order valence-corrected chi connectivity index (χ1v) is 7.03. The largest absolute Gasteiger partial charge is 0.350 e. The average molecular weight is 274 g/mol. The van der Waals surface area contributed by atoms with Gasteiger partial charge in [0.05, 0.1) is 6.21 Å². The molecule has 108 valence electrons. The number of benzene rings is 1. The van der Waals surface area contributed by atoms with Gasteiger partial charge in [0.1, 0.15) is 0 Å². The summed E-state index contributed by atoms with van der Waals surface area (Å²) in [6.07, 6.45) is 4.17. The van der Waals surface area contributed by atoms with Gasteiger partial charge in [0.2, 0.25) is 0 Å². The van der Waals surface area contributed by atoms with Gasteiger partial charge < -0.3 is 5.73 Å². The minimum Gasteiger partial charge on any atom is -0.350 e. The summed E-state index contributed by atoms with van der Waals surface area (Å²) in [5, 5.41) is 3.78. The fourth-order valence-corrected chi connectivity index (χ4v) is 2.42. The molecule has 0 aromatic heterocycles. The maximum Gasteiger partial charge on any atom is 0.332 e. The smallest absolute Gasteiger partial charge is 0.332 e. The van der Waals surface area contributed by atoms with Gasteiger partial charge in [-0.2, -0.15) is 5.10 Å². The third-order valence-electron chi connectivity index (χ3n) is 3.62. The van der Waals surface area contributed by atoms with Crippen LogP contribution in [0.2, 0.25) is 0 Å². The standard InChI is InChI=1S/C15H22N4O/c1-12-5-7-19(8-6-12)11-14-4-2-3-13(9-14)10-17-18-15(16)20/h2-4,9-10,12H,5-8,11H2,1H3,(H3,16,18,20). The first-order valence-electron chi connectivity index (χ1n) is 7.03. The Balaban J connectivity index is 1.92. The topological polar surface area (TPSA) is 70.7 Å². The van der Waals surface area contributed by atoms with Crippen LogP contribution in [0.15, 0.2) is 29.4 Å². The van der Waals surface area contributed by atoms with Gasteiger partial charge in [-0.3, -0.25) is 4.90 Å². The van der Waals surface area contributed by atoms with Crippen LogP contribution in [0.3, 0.4) is 0 Å². The molecule has 0 atom stereocenters. The number of primary amides is 1. The first-order chi connectivity index (χ1) is 9.63. The summed E-state index contributed by atoms with van der Waals surface area (Å²) < 4.78 is 0. The van der Waals surface area contributed by atoms with Crippen LogP contribution in [0.25, 0.3) is 0 Å². The van der Waals surface area contributed by atoms with E-state index < -0.39 is 6.03 Å². The highest BCUT2D eigenvalue weighted by atomic mass is 16.2. The van der Waals surface area contributed by atoms with Crippen LogP contribution < -0.4 is 11.2 Å². The van der Waals surface area contributed by atoms with Crippen LogP contribution in [0.4, 0.5) is 4.79 Å². The molecule has 1 heterocycles. The molecule has 1 aromatic carbocycles. The van der Waals surface area contributed by atoms with Crippen molar-refractivity contribution < 1.29 is 4.79 Å². The number of nitrogens with two attached hydrogens (primary N) is 1.